The number of unbranched alkanes of at least 4 members (excludes halogenated alkanes) is 2. The van der Waals surface area contributed by atoms with Crippen LogP contribution in [0, 0.1) is 0 Å². The van der Waals surface area contributed by atoms with E-state index in [-0.39, 0.29) is 5.71 Å². The summed E-state index contributed by atoms with van der Waals surface area (Å²) in [6.45, 7) is 4.27. The molecule has 0 fully saturated rings. The maximum atomic E-state index is 10.2. The van der Waals surface area contributed by atoms with Gasteiger partial charge in [-0.3, -0.25) is 4.99 Å². The lowest BCUT2D eigenvalue weighted by molar-refractivity contribution is -0.129. The molecule has 0 unspecified atom stereocenters. The second kappa shape index (κ2) is 5.89. The van der Waals surface area contributed by atoms with E-state index in [0.717, 1.165) is 19.3 Å². The molecule has 0 atom stereocenters. The van der Waals surface area contributed by atoms with Crippen LogP contribution >= 0.6 is 0 Å². The van der Waals surface area contributed by atoms with Gasteiger partial charge in [-0.1, -0.05) is 19.8 Å². The molecule has 0 aliphatic rings. The molecule has 0 aliphatic carbocycles. The molecule has 0 heterocycles. The Morgan fingerprint density at radius 1 is 1.45 bits per heavy atom. The summed E-state index contributed by atoms with van der Waals surface area (Å²) in [4.78, 5) is 14.1. The molecule has 1 N–H and O–H groups in total. The van der Waals surface area contributed by atoms with Crippen LogP contribution in [-0.2, 0) is 4.79 Å². The number of aliphatic carboxylic acids is 1. The zero-order valence-electron chi connectivity index (χ0n) is 7.13. The minimum absolute atomic E-state index is 0.209. The number of carbonyl (C=O) groups is 1. The van der Waals surface area contributed by atoms with Gasteiger partial charge >= 0.3 is 5.97 Å². The van der Waals surface area contributed by atoms with Gasteiger partial charge in [0.25, 0.3) is 0 Å². The minimum Gasteiger partial charge on any atom is -0.477 e. The topological polar surface area (TPSA) is 49.7 Å². The molecule has 0 aromatic heterocycles. The van der Waals surface area contributed by atoms with E-state index >= 15 is 0 Å². The highest BCUT2D eigenvalue weighted by molar-refractivity contribution is 6.34. The van der Waals surface area contributed by atoms with E-state index in [0.29, 0.717) is 6.54 Å². The number of nitrogens with zero attached hydrogens (tertiary/aromatic N) is 1. The van der Waals surface area contributed by atoms with Crippen LogP contribution in [0.5, 0.6) is 0 Å². The van der Waals surface area contributed by atoms with Crippen LogP contribution in [0.1, 0.15) is 33.1 Å². The summed E-state index contributed by atoms with van der Waals surface area (Å²) in [6, 6.07) is 0. The molecule has 3 nitrogen and oxygen atoms in total. The fourth-order valence-corrected chi connectivity index (χ4v) is 0.676. The molecular formula is C8H15NO2. The molecule has 0 aliphatic heterocycles. The highest BCUT2D eigenvalue weighted by Crippen LogP contribution is 1.93. The van der Waals surface area contributed by atoms with E-state index in [9.17, 15) is 4.79 Å². The average molecular weight is 157 g/mol. The van der Waals surface area contributed by atoms with E-state index in [1.807, 2.05) is 0 Å². The number of aliphatic imine (C=N–C) groups is 1. The predicted molar refractivity (Wildman–Crippen MR) is 45.1 cm³/mol. The highest BCUT2D eigenvalue weighted by atomic mass is 16.4. The second-order valence-corrected chi connectivity index (χ2v) is 2.48. The molecule has 0 rings (SSSR count). The standard InChI is InChI=1S/C8H15NO2/c1-3-4-5-6-9-7(2)8(10)11/h3-6H2,1-2H3,(H,10,11)/b9-7-. The summed E-state index contributed by atoms with van der Waals surface area (Å²) in [5.41, 5.74) is 0.209. The molecule has 11 heavy (non-hydrogen) atoms. The number of hydrogen-bond acceptors (Lipinski definition) is 2. The van der Waals surface area contributed by atoms with Crippen molar-refractivity contribution >= 4 is 11.7 Å². The molecular weight excluding hydrogens is 142 g/mol. The van der Waals surface area contributed by atoms with Crippen molar-refractivity contribution < 1.29 is 9.90 Å². The quantitative estimate of drug-likeness (QED) is 0.488. The smallest absolute Gasteiger partial charge is 0.349 e. The zero-order valence-corrected chi connectivity index (χ0v) is 7.13. The van der Waals surface area contributed by atoms with E-state index < -0.39 is 5.97 Å². The van der Waals surface area contributed by atoms with E-state index in [4.69, 9.17) is 5.11 Å². The lowest BCUT2D eigenvalue weighted by atomic mass is 10.2. The fraction of sp³-hybridized carbons (Fsp3) is 0.750. The third-order valence-electron chi connectivity index (χ3n) is 1.42. The lowest BCUT2D eigenvalue weighted by Gasteiger charge is -1.93. The Bertz CT molecular complexity index is 152. The van der Waals surface area contributed by atoms with Crippen LogP contribution < -0.4 is 0 Å². The second-order valence-electron chi connectivity index (χ2n) is 2.48. The first-order valence-electron chi connectivity index (χ1n) is 3.92. The van der Waals surface area contributed by atoms with Gasteiger partial charge in [-0.2, -0.15) is 0 Å². The minimum atomic E-state index is -0.915. The third-order valence-corrected chi connectivity index (χ3v) is 1.42. The molecule has 0 aromatic carbocycles. The Labute approximate surface area is 67.1 Å². The molecule has 0 radical (unpaired) electrons. The van der Waals surface area contributed by atoms with Gasteiger partial charge in [0.1, 0.15) is 5.71 Å². The molecule has 0 spiro atoms. The SMILES string of the molecule is CCCCC/N=C(/C)C(=O)O. The monoisotopic (exact) mass is 157 g/mol. The summed E-state index contributed by atoms with van der Waals surface area (Å²) in [5, 5.41) is 8.41. The van der Waals surface area contributed by atoms with Crippen LogP contribution in [0.25, 0.3) is 0 Å². The van der Waals surface area contributed by atoms with Gasteiger partial charge < -0.3 is 5.11 Å². The maximum absolute atomic E-state index is 10.2. The Morgan fingerprint density at radius 2 is 2.09 bits per heavy atom. The molecule has 3 heteroatoms. The predicted octanol–water partition coefficient (Wildman–Crippen LogP) is 1.72. The van der Waals surface area contributed by atoms with Crippen molar-refractivity contribution in [1.82, 2.24) is 0 Å². The third kappa shape index (κ3) is 5.58. The molecule has 0 aromatic rings. The molecule has 64 valence electrons. The summed E-state index contributed by atoms with van der Waals surface area (Å²) in [5.74, 6) is -0.915. The Kier molecular flexibility index (Phi) is 5.43. The van der Waals surface area contributed by atoms with Crippen LogP contribution in [0.2, 0.25) is 0 Å². The van der Waals surface area contributed by atoms with Crippen LogP contribution in [-0.4, -0.2) is 23.3 Å². The maximum Gasteiger partial charge on any atom is 0.349 e. The van der Waals surface area contributed by atoms with Crippen LogP contribution in [0.4, 0.5) is 0 Å². The first-order valence-corrected chi connectivity index (χ1v) is 3.92. The summed E-state index contributed by atoms with van der Waals surface area (Å²) in [7, 11) is 0. The van der Waals surface area contributed by atoms with Gasteiger partial charge in [0.2, 0.25) is 0 Å². The van der Waals surface area contributed by atoms with Crippen molar-refractivity contribution in [3.8, 4) is 0 Å². The molecule has 0 bridgehead atoms. The normalized spacial score (nSPS) is 11.6. The van der Waals surface area contributed by atoms with Crippen molar-refractivity contribution in [2.24, 2.45) is 4.99 Å². The average Bonchev–Trinajstić information content (AvgIpc) is 1.97. The number of hydrogen-bond donors (Lipinski definition) is 1. The van der Waals surface area contributed by atoms with Crippen molar-refractivity contribution in [1.29, 1.82) is 0 Å². The number of rotatable bonds is 5. The van der Waals surface area contributed by atoms with Crippen LogP contribution in [0.3, 0.4) is 0 Å². The first-order chi connectivity index (χ1) is 5.18. The van der Waals surface area contributed by atoms with Crippen molar-refractivity contribution in [2.45, 2.75) is 33.1 Å². The zero-order chi connectivity index (χ0) is 8.69. The van der Waals surface area contributed by atoms with Gasteiger partial charge in [-0.25, -0.2) is 4.79 Å². The van der Waals surface area contributed by atoms with Gasteiger partial charge in [0.15, 0.2) is 0 Å². The van der Waals surface area contributed by atoms with Gasteiger partial charge in [0, 0.05) is 6.54 Å². The largest absolute Gasteiger partial charge is 0.477 e. The molecule has 0 saturated heterocycles. The highest BCUT2D eigenvalue weighted by Gasteiger charge is 1.98. The Morgan fingerprint density at radius 3 is 2.55 bits per heavy atom. The fourth-order valence-electron chi connectivity index (χ4n) is 0.676. The molecule has 0 amide bonds. The summed E-state index contributed by atoms with van der Waals surface area (Å²) in [6.07, 6.45) is 3.25. The Hall–Kier alpha value is -0.860. The Balaban J connectivity index is 3.48. The summed E-state index contributed by atoms with van der Waals surface area (Å²) < 4.78 is 0. The lowest BCUT2D eigenvalue weighted by Crippen LogP contribution is -2.08. The molecule has 0 saturated carbocycles. The van der Waals surface area contributed by atoms with Gasteiger partial charge in [0.05, 0.1) is 0 Å². The van der Waals surface area contributed by atoms with Gasteiger partial charge in [-0.05, 0) is 13.3 Å². The van der Waals surface area contributed by atoms with Crippen LogP contribution in [0.15, 0.2) is 4.99 Å². The van der Waals surface area contributed by atoms with Crippen molar-refractivity contribution in [3.63, 3.8) is 0 Å². The van der Waals surface area contributed by atoms with E-state index in [1.165, 1.54) is 6.92 Å². The summed E-state index contributed by atoms with van der Waals surface area (Å²) >= 11 is 0. The number of carboxylic acid groups (broad SMARTS) is 1. The van der Waals surface area contributed by atoms with Crippen molar-refractivity contribution in [2.75, 3.05) is 6.54 Å². The van der Waals surface area contributed by atoms with E-state index in [1.54, 1.807) is 0 Å². The first kappa shape index (κ1) is 10.1. The number of carboxylic acids is 1. The van der Waals surface area contributed by atoms with Crippen molar-refractivity contribution in [3.05, 3.63) is 0 Å². The van der Waals surface area contributed by atoms with E-state index in [2.05, 4.69) is 11.9 Å². The van der Waals surface area contributed by atoms with Gasteiger partial charge in [-0.15, -0.1) is 0 Å².